The fourth-order valence-corrected chi connectivity index (χ4v) is 5.27. The number of aromatic nitrogens is 2. The van der Waals surface area contributed by atoms with Crippen LogP contribution in [0.3, 0.4) is 0 Å². The van der Waals surface area contributed by atoms with Crippen molar-refractivity contribution in [1.82, 2.24) is 14.9 Å². The molecule has 1 saturated carbocycles. The summed E-state index contributed by atoms with van der Waals surface area (Å²) in [6.45, 7) is 1.86. The molecule has 2 aliphatic heterocycles. The Morgan fingerprint density at radius 3 is 2.63 bits per heavy atom. The maximum Gasteiger partial charge on any atom is 0.231 e. The van der Waals surface area contributed by atoms with Crippen LogP contribution in [0.25, 0.3) is 11.1 Å². The first-order valence-corrected chi connectivity index (χ1v) is 10.5. The molecule has 2 N–H and O–H groups in total. The van der Waals surface area contributed by atoms with Crippen molar-refractivity contribution in [3.63, 3.8) is 0 Å². The fourth-order valence-electron chi connectivity index (χ4n) is 5.27. The lowest BCUT2D eigenvalue weighted by atomic mass is 9.95. The molecule has 6 heteroatoms. The second-order valence-electron chi connectivity index (χ2n) is 8.64. The highest BCUT2D eigenvalue weighted by Gasteiger charge is 2.61. The van der Waals surface area contributed by atoms with E-state index in [-0.39, 0.29) is 23.4 Å². The first kappa shape index (κ1) is 18.0. The van der Waals surface area contributed by atoms with E-state index in [0.717, 1.165) is 38.0 Å². The maximum atomic E-state index is 14.2. The van der Waals surface area contributed by atoms with Crippen molar-refractivity contribution in [2.24, 2.45) is 5.73 Å². The summed E-state index contributed by atoms with van der Waals surface area (Å²) < 4.78 is 14.2. The molecule has 3 aliphatic rings. The fraction of sp³-hybridized carbons (Fsp3) is 0.333. The number of anilines is 2. The molecule has 0 amide bonds. The Hall–Kier alpha value is -2.83. The van der Waals surface area contributed by atoms with Crippen molar-refractivity contribution in [2.45, 2.75) is 36.9 Å². The van der Waals surface area contributed by atoms with Gasteiger partial charge in [-0.25, -0.2) is 14.4 Å². The predicted octanol–water partition coefficient (Wildman–Crippen LogP) is 3.63. The van der Waals surface area contributed by atoms with Gasteiger partial charge in [0.05, 0.1) is 11.9 Å². The van der Waals surface area contributed by atoms with Gasteiger partial charge in [0.15, 0.2) is 0 Å². The number of halogens is 1. The van der Waals surface area contributed by atoms with E-state index in [4.69, 9.17) is 5.73 Å². The Bertz CT molecular complexity index is 1090. The number of nitrogens with two attached hydrogens (primary N) is 1. The van der Waals surface area contributed by atoms with E-state index >= 15 is 0 Å². The molecule has 151 valence electrons. The van der Waals surface area contributed by atoms with Crippen molar-refractivity contribution < 1.29 is 4.39 Å². The predicted molar refractivity (Wildman–Crippen MR) is 114 cm³/mol. The summed E-state index contributed by atoms with van der Waals surface area (Å²) in [6.07, 6.45) is 6.93. The molecule has 5 nitrogen and oxygen atoms in total. The van der Waals surface area contributed by atoms with Crippen molar-refractivity contribution in [3.8, 4) is 11.1 Å². The van der Waals surface area contributed by atoms with Gasteiger partial charge in [0.2, 0.25) is 5.95 Å². The molecule has 0 bridgehead atoms. The lowest BCUT2D eigenvalue weighted by Crippen LogP contribution is -2.49. The Morgan fingerprint density at radius 1 is 1.13 bits per heavy atom. The van der Waals surface area contributed by atoms with Gasteiger partial charge in [0, 0.05) is 48.1 Å². The molecule has 1 aliphatic carbocycles. The summed E-state index contributed by atoms with van der Waals surface area (Å²) in [4.78, 5) is 14.1. The molecule has 3 heterocycles. The molecule has 30 heavy (non-hydrogen) atoms. The van der Waals surface area contributed by atoms with Gasteiger partial charge < -0.3 is 5.73 Å². The average Bonchev–Trinajstić information content (AvgIpc) is 3.37. The van der Waals surface area contributed by atoms with Crippen LogP contribution in [-0.4, -0.2) is 40.2 Å². The van der Waals surface area contributed by atoms with Crippen LogP contribution in [0.2, 0.25) is 0 Å². The molecule has 1 aromatic heterocycles. The molecular weight excluding hydrogens is 377 g/mol. The number of nitrogens with zero attached hydrogens (tertiary/aromatic N) is 4. The summed E-state index contributed by atoms with van der Waals surface area (Å²) >= 11 is 0. The van der Waals surface area contributed by atoms with Gasteiger partial charge in [-0.3, -0.25) is 9.80 Å². The third-order valence-corrected chi connectivity index (χ3v) is 6.81. The minimum absolute atomic E-state index is 0.113. The molecule has 6 rings (SSSR count). The van der Waals surface area contributed by atoms with Gasteiger partial charge in [0.25, 0.3) is 0 Å². The Balaban J connectivity index is 1.43. The monoisotopic (exact) mass is 400 g/mol. The summed E-state index contributed by atoms with van der Waals surface area (Å²) in [5, 5.41) is 0. The minimum atomic E-state index is -0.268. The van der Waals surface area contributed by atoms with Crippen molar-refractivity contribution in [1.29, 1.82) is 0 Å². The van der Waals surface area contributed by atoms with Gasteiger partial charge in [-0.15, -0.1) is 0 Å². The van der Waals surface area contributed by atoms with Crippen molar-refractivity contribution in [3.05, 3.63) is 72.3 Å². The van der Waals surface area contributed by atoms with Gasteiger partial charge in [-0.05, 0) is 43.0 Å². The molecule has 1 saturated heterocycles. The zero-order chi connectivity index (χ0) is 20.3. The Kier molecular flexibility index (Phi) is 3.95. The first-order chi connectivity index (χ1) is 14.7. The number of likely N-dealkylation sites (tertiary alicyclic amines) is 1. The van der Waals surface area contributed by atoms with Crippen LogP contribution < -0.4 is 10.6 Å². The zero-order valence-electron chi connectivity index (χ0n) is 16.6. The highest BCUT2D eigenvalue weighted by atomic mass is 19.1. The molecule has 1 radical (unpaired) electrons. The first-order valence-electron chi connectivity index (χ1n) is 10.5. The number of hydrogen-bond acceptors (Lipinski definition) is 5. The van der Waals surface area contributed by atoms with E-state index < -0.39 is 0 Å². The normalized spacial score (nSPS) is 24.4. The largest absolute Gasteiger partial charge is 0.326 e. The summed E-state index contributed by atoms with van der Waals surface area (Å²) in [5.41, 5.74) is 10.0. The number of hydrogen-bond donors (Lipinski definition) is 1. The van der Waals surface area contributed by atoms with Gasteiger partial charge in [-0.2, -0.15) is 0 Å². The highest BCUT2D eigenvalue weighted by Crippen LogP contribution is 2.62. The number of benzene rings is 2. The third kappa shape index (κ3) is 2.60. The van der Waals surface area contributed by atoms with Crippen LogP contribution in [0.15, 0.2) is 54.9 Å². The standard InChI is InChI=1S/C24H23FN5/c25-20-7-3-1-5-18(20)16-13-27-23(28-14-16)30-21-8-4-2-6-19(21)24(10-11-24)22(30)29-12-9-17(26)15-29/h1-3,5-8,13-14,17,22H,9-12,15,26H2/t17-,22?/m1/s1. The van der Waals surface area contributed by atoms with E-state index in [1.807, 2.05) is 18.2 Å². The zero-order valence-corrected chi connectivity index (χ0v) is 16.6. The molecule has 1 spiro atoms. The second-order valence-corrected chi connectivity index (χ2v) is 8.64. The van der Waals surface area contributed by atoms with Crippen molar-refractivity contribution >= 4 is 11.6 Å². The Morgan fingerprint density at radius 2 is 1.93 bits per heavy atom. The molecule has 2 atom stereocenters. The van der Waals surface area contributed by atoms with Crippen LogP contribution in [0.5, 0.6) is 0 Å². The molecule has 2 aromatic carbocycles. The van der Waals surface area contributed by atoms with Crippen LogP contribution in [0.1, 0.15) is 24.8 Å². The van der Waals surface area contributed by atoms with Crippen LogP contribution in [0, 0.1) is 11.9 Å². The third-order valence-electron chi connectivity index (χ3n) is 6.81. The maximum absolute atomic E-state index is 14.2. The minimum Gasteiger partial charge on any atom is -0.326 e. The number of fused-ring (bicyclic) bond motifs is 2. The summed E-state index contributed by atoms with van der Waals surface area (Å²) in [7, 11) is 0. The summed E-state index contributed by atoms with van der Waals surface area (Å²) in [6, 6.07) is 16.4. The lowest BCUT2D eigenvalue weighted by Gasteiger charge is -2.36. The number of rotatable bonds is 3. The van der Waals surface area contributed by atoms with E-state index in [0.29, 0.717) is 17.1 Å². The van der Waals surface area contributed by atoms with Crippen molar-refractivity contribution in [2.75, 3.05) is 18.0 Å². The molecule has 2 fully saturated rings. The van der Waals surface area contributed by atoms with Gasteiger partial charge in [0.1, 0.15) is 5.82 Å². The topological polar surface area (TPSA) is 58.3 Å². The average molecular weight is 400 g/mol. The molecule has 1 unspecified atom stereocenters. The van der Waals surface area contributed by atoms with E-state index in [2.05, 4.69) is 31.9 Å². The van der Waals surface area contributed by atoms with Crippen LogP contribution in [-0.2, 0) is 5.41 Å². The van der Waals surface area contributed by atoms with E-state index in [1.165, 1.54) is 11.6 Å². The smallest absolute Gasteiger partial charge is 0.231 e. The lowest BCUT2D eigenvalue weighted by molar-refractivity contribution is 0.210. The highest BCUT2D eigenvalue weighted by molar-refractivity contribution is 5.73. The summed E-state index contributed by atoms with van der Waals surface area (Å²) in [5.74, 6) is 0.376. The van der Waals surface area contributed by atoms with Crippen LogP contribution >= 0.6 is 0 Å². The SMILES string of the molecule is N[C@@H]1CCN(C2N(c3ncc(-c4ccccc4F)cn3)c3c[c]ccc3C23CC3)C1. The molecule has 3 aromatic rings. The van der Waals surface area contributed by atoms with E-state index in [1.54, 1.807) is 24.5 Å². The van der Waals surface area contributed by atoms with Gasteiger partial charge >= 0.3 is 0 Å². The van der Waals surface area contributed by atoms with E-state index in [9.17, 15) is 4.39 Å². The Labute approximate surface area is 175 Å². The quantitative estimate of drug-likeness (QED) is 0.728. The molecular formula is C24H23FN5. The van der Waals surface area contributed by atoms with Gasteiger partial charge in [-0.1, -0.05) is 30.3 Å². The van der Waals surface area contributed by atoms with Crippen LogP contribution in [0.4, 0.5) is 16.0 Å². The second kappa shape index (κ2) is 6.59.